The summed E-state index contributed by atoms with van der Waals surface area (Å²) >= 11 is 0. The van der Waals surface area contributed by atoms with Gasteiger partial charge in [-0.1, -0.05) is 12.1 Å². The van der Waals surface area contributed by atoms with Crippen molar-refractivity contribution in [3.8, 4) is 0 Å². The largest absolute Gasteiger partial charge is 0.377 e. The van der Waals surface area contributed by atoms with Crippen LogP contribution in [0.1, 0.15) is 30.4 Å². The van der Waals surface area contributed by atoms with Gasteiger partial charge < -0.3 is 9.72 Å². The summed E-state index contributed by atoms with van der Waals surface area (Å²) in [6.45, 7) is 3.26. The van der Waals surface area contributed by atoms with Gasteiger partial charge in [-0.25, -0.2) is 0 Å². The lowest BCUT2D eigenvalue weighted by Crippen LogP contribution is -2.55. The molecule has 20 heavy (non-hydrogen) atoms. The van der Waals surface area contributed by atoms with Crippen molar-refractivity contribution in [2.45, 2.75) is 37.3 Å². The Kier molecular flexibility index (Phi) is 2.54. The van der Waals surface area contributed by atoms with Crippen LogP contribution in [0.25, 0.3) is 10.9 Å². The van der Waals surface area contributed by atoms with Crippen LogP contribution in [0.4, 0.5) is 0 Å². The minimum Gasteiger partial charge on any atom is -0.377 e. The first-order chi connectivity index (χ1) is 9.61. The number of fused-ring (bicyclic) bond motifs is 2. The van der Waals surface area contributed by atoms with Gasteiger partial charge in [-0.05, 0) is 44.0 Å². The zero-order chi connectivity index (χ0) is 13.9. The number of hydrogen-bond donors (Lipinski definition) is 1. The number of nitrogens with one attached hydrogen (secondary N) is 1. The molecule has 0 saturated carbocycles. The van der Waals surface area contributed by atoms with Crippen LogP contribution in [0.15, 0.2) is 24.4 Å². The molecule has 0 amide bonds. The summed E-state index contributed by atoms with van der Waals surface area (Å²) in [7, 11) is 4.09. The Bertz CT molecular complexity index is 662. The quantitative estimate of drug-likeness (QED) is 0.863. The highest BCUT2D eigenvalue weighted by Gasteiger charge is 2.44. The number of nitrogens with zero attached hydrogens (tertiary/aromatic N) is 1. The molecule has 1 aromatic carbocycles. The monoisotopic (exact) mass is 270 g/mol. The topological polar surface area (TPSA) is 28.3 Å². The summed E-state index contributed by atoms with van der Waals surface area (Å²) in [5, 5.41) is 1.46. The van der Waals surface area contributed by atoms with Crippen molar-refractivity contribution in [1.82, 2.24) is 9.88 Å². The first-order valence-electron chi connectivity index (χ1n) is 7.45. The number of aromatic amines is 1. The molecule has 1 saturated heterocycles. The number of likely N-dealkylation sites (N-methyl/N-ethyl adjacent to an activating group) is 1. The van der Waals surface area contributed by atoms with E-state index in [0.29, 0.717) is 12.0 Å². The number of rotatable bonds is 1. The van der Waals surface area contributed by atoms with Crippen LogP contribution >= 0.6 is 0 Å². The Hall–Kier alpha value is -1.32. The fraction of sp³-hybridized carbons (Fsp3) is 0.529. The van der Waals surface area contributed by atoms with E-state index in [-0.39, 0.29) is 5.60 Å². The second-order valence-electron chi connectivity index (χ2n) is 6.73. The van der Waals surface area contributed by atoms with Gasteiger partial charge in [0, 0.05) is 42.7 Å². The average molecular weight is 270 g/mol. The Balaban J connectivity index is 1.87. The van der Waals surface area contributed by atoms with Gasteiger partial charge in [-0.15, -0.1) is 0 Å². The normalized spacial score (nSPS) is 33.4. The maximum absolute atomic E-state index is 5.81. The predicted octanol–water partition coefficient (Wildman–Crippen LogP) is 2.92. The van der Waals surface area contributed by atoms with Gasteiger partial charge in [0.05, 0.1) is 5.60 Å². The van der Waals surface area contributed by atoms with Crippen LogP contribution in [0.2, 0.25) is 0 Å². The summed E-state index contributed by atoms with van der Waals surface area (Å²) in [5.74, 6) is 0.575. The second kappa shape index (κ2) is 4.09. The lowest BCUT2D eigenvalue weighted by molar-refractivity contribution is -0.0700. The second-order valence-corrected chi connectivity index (χ2v) is 6.73. The zero-order valence-corrected chi connectivity index (χ0v) is 12.4. The van der Waals surface area contributed by atoms with E-state index in [0.717, 1.165) is 19.4 Å². The lowest BCUT2D eigenvalue weighted by Gasteiger charge is -2.49. The van der Waals surface area contributed by atoms with Crippen LogP contribution in [-0.2, 0) is 11.2 Å². The van der Waals surface area contributed by atoms with Crippen molar-refractivity contribution in [1.29, 1.82) is 0 Å². The molecule has 2 heterocycles. The van der Waals surface area contributed by atoms with Crippen molar-refractivity contribution < 1.29 is 4.74 Å². The highest BCUT2D eigenvalue weighted by atomic mass is 16.5. The summed E-state index contributed by atoms with van der Waals surface area (Å²) in [5.41, 5.74) is 4.23. The summed E-state index contributed by atoms with van der Waals surface area (Å²) in [4.78, 5) is 5.92. The highest BCUT2D eigenvalue weighted by Crippen LogP contribution is 2.45. The molecule has 3 atom stereocenters. The number of piperidine rings is 1. The van der Waals surface area contributed by atoms with Crippen LogP contribution in [-0.4, -0.2) is 42.2 Å². The van der Waals surface area contributed by atoms with Crippen molar-refractivity contribution in [2.24, 2.45) is 0 Å². The van der Waals surface area contributed by atoms with Gasteiger partial charge in [0.15, 0.2) is 0 Å². The van der Waals surface area contributed by atoms with Crippen molar-refractivity contribution in [3.05, 3.63) is 35.5 Å². The molecule has 2 aromatic rings. The SMILES string of the molecule is COC1(C)C[C@@H]2c3cccc4[nH]cc(c34)C[C@H]2N(C)C1. The van der Waals surface area contributed by atoms with E-state index in [1.165, 1.54) is 22.0 Å². The third-order valence-corrected chi connectivity index (χ3v) is 5.41. The molecule has 3 heteroatoms. The molecular formula is C17H22N2O. The molecule has 0 spiro atoms. The van der Waals surface area contributed by atoms with Crippen molar-refractivity contribution >= 4 is 10.9 Å². The van der Waals surface area contributed by atoms with E-state index < -0.39 is 0 Å². The molecule has 4 rings (SSSR count). The van der Waals surface area contributed by atoms with Gasteiger partial charge >= 0.3 is 0 Å². The van der Waals surface area contributed by atoms with E-state index in [4.69, 9.17) is 4.74 Å². The van der Waals surface area contributed by atoms with Gasteiger partial charge in [0.1, 0.15) is 0 Å². The first kappa shape index (κ1) is 12.4. The molecular weight excluding hydrogens is 248 g/mol. The highest BCUT2D eigenvalue weighted by molar-refractivity contribution is 5.88. The number of benzene rings is 1. The Morgan fingerprint density at radius 1 is 1.40 bits per heavy atom. The van der Waals surface area contributed by atoms with Crippen molar-refractivity contribution in [3.63, 3.8) is 0 Å². The molecule has 1 aromatic heterocycles. The zero-order valence-electron chi connectivity index (χ0n) is 12.4. The number of hydrogen-bond acceptors (Lipinski definition) is 2. The fourth-order valence-corrected chi connectivity index (χ4v) is 4.36. The van der Waals surface area contributed by atoms with Gasteiger partial charge in [-0.2, -0.15) is 0 Å². The third kappa shape index (κ3) is 1.60. The van der Waals surface area contributed by atoms with E-state index >= 15 is 0 Å². The van der Waals surface area contributed by atoms with E-state index in [1.807, 2.05) is 7.11 Å². The maximum atomic E-state index is 5.81. The number of H-pyrrole nitrogens is 1. The first-order valence-corrected chi connectivity index (χ1v) is 7.45. The third-order valence-electron chi connectivity index (χ3n) is 5.41. The molecule has 1 aliphatic heterocycles. The lowest BCUT2D eigenvalue weighted by atomic mass is 9.71. The fourth-order valence-electron chi connectivity index (χ4n) is 4.36. The number of aromatic nitrogens is 1. The van der Waals surface area contributed by atoms with Crippen LogP contribution in [0.3, 0.4) is 0 Å². The molecule has 3 nitrogen and oxygen atoms in total. The number of methoxy groups -OCH3 is 1. The molecule has 0 radical (unpaired) electrons. The molecule has 1 fully saturated rings. The minimum atomic E-state index is -0.0358. The molecule has 1 unspecified atom stereocenters. The summed E-state index contributed by atoms with van der Waals surface area (Å²) in [6, 6.07) is 7.28. The number of ether oxygens (including phenoxy) is 1. The molecule has 2 aliphatic rings. The minimum absolute atomic E-state index is 0.0358. The van der Waals surface area contributed by atoms with Gasteiger partial charge in [0.25, 0.3) is 0 Å². The number of likely N-dealkylation sites (tertiary alicyclic amines) is 1. The Labute approximate surface area is 119 Å². The molecule has 1 aliphatic carbocycles. The van der Waals surface area contributed by atoms with Crippen LogP contribution < -0.4 is 0 Å². The smallest absolute Gasteiger partial charge is 0.0783 e. The van der Waals surface area contributed by atoms with E-state index in [1.54, 1.807) is 0 Å². The van der Waals surface area contributed by atoms with E-state index in [9.17, 15) is 0 Å². The maximum Gasteiger partial charge on any atom is 0.0783 e. The summed E-state index contributed by atoms with van der Waals surface area (Å²) < 4.78 is 5.81. The molecule has 0 bridgehead atoms. The Morgan fingerprint density at radius 2 is 2.25 bits per heavy atom. The van der Waals surface area contributed by atoms with Gasteiger partial charge in [-0.3, -0.25) is 4.90 Å². The summed E-state index contributed by atoms with van der Waals surface area (Å²) in [6.07, 6.45) is 4.46. The van der Waals surface area contributed by atoms with Gasteiger partial charge in [0.2, 0.25) is 0 Å². The molecule has 106 valence electrons. The molecule has 1 N–H and O–H groups in total. The predicted molar refractivity (Wildman–Crippen MR) is 81.2 cm³/mol. The van der Waals surface area contributed by atoms with Crippen LogP contribution in [0.5, 0.6) is 0 Å². The van der Waals surface area contributed by atoms with Crippen LogP contribution in [0, 0.1) is 0 Å². The standard InChI is InChI=1S/C17H22N2O/c1-17(20-3)8-13-12-5-4-6-14-16(12)11(9-18-14)7-15(13)19(2)10-17/h4-6,9,13,15,18H,7-8,10H2,1-3H3/t13-,15-,17?/m1/s1. The van der Waals surface area contributed by atoms with E-state index in [2.05, 4.69) is 48.3 Å². The van der Waals surface area contributed by atoms with Crippen molar-refractivity contribution in [2.75, 3.05) is 20.7 Å². The Morgan fingerprint density at radius 3 is 3.05 bits per heavy atom. The average Bonchev–Trinajstić information content (AvgIpc) is 2.85.